The third-order valence-corrected chi connectivity index (χ3v) is 2.86. The number of ether oxygens (including phenoxy) is 1. The first-order chi connectivity index (χ1) is 7.79. The smallest absolute Gasteiger partial charge is 0.359 e. The molecule has 1 N–H and O–H groups in total. The second-order valence-corrected chi connectivity index (χ2v) is 5.46. The van der Waals surface area contributed by atoms with Gasteiger partial charge in [0.15, 0.2) is 5.70 Å². The Morgan fingerprint density at radius 3 is 2.65 bits per heavy atom. The van der Waals surface area contributed by atoms with Crippen LogP contribution in [0.1, 0.15) is 40.0 Å². The molecule has 5 nitrogen and oxygen atoms in total. The van der Waals surface area contributed by atoms with Crippen LogP contribution in [0, 0.1) is 0 Å². The summed E-state index contributed by atoms with van der Waals surface area (Å²) in [5, 5.41) is 9.76. The van der Waals surface area contributed by atoms with Crippen molar-refractivity contribution in [3.05, 3.63) is 11.5 Å². The highest BCUT2D eigenvalue weighted by Crippen LogP contribution is 2.36. The van der Waals surface area contributed by atoms with Gasteiger partial charge in [-0.2, -0.15) is 0 Å². The average Bonchev–Trinajstić information content (AvgIpc) is 2.16. The summed E-state index contributed by atoms with van der Waals surface area (Å²) in [5.41, 5.74) is -0.599. The molecule has 1 saturated heterocycles. The van der Waals surface area contributed by atoms with Crippen molar-refractivity contribution in [3.63, 3.8) is 0 Å². The molecule has 94 valence electrons. The summed E-state index contributed by atoms with van der Waals surface area (Å²) in [7, 11) is 0. The molecular weight excluding hydrogens is 222 g/mol. The van der Waals surface area contributed by atoms with Gasteiger partial charge >= 0.3 is 5.97 Å². The Hall–Kier alpha value is -1.52. The lowest BCUT2D eigenvalue weighted by Crippen LogP contribution is -2.55. The third kappa shape index (κ3) is 2.14. The van der Waals surface area contributed by atoms with Gasteiger partial charge in [-0.1, -0.05) is 0 Å². The zero-order valence-corrected chi connectivity index (χ0v) is 10.3. The molecule has 2 rings (SSSR count). The molecule has 0 unspecified atom stereocenters. The number of hydrogen-bond donors (Lipinski definition) is 1. The van der Waals surface area contributed by atoms with E-state index in [1.807, 2.05) is 0 Å². The van der Waals surface area contributed by atoms with Crippen LogP contribution in [0.4, 0.5) is 0 Å². The molecule has 2 aliphatic heterocycles. The Balaban J connectivity index is 2.22. The van der Waals surface area contributed by atoms with Gasteiger partial charge < -0.3 is 9.84 Å². The SMILES string of the molecule is CC(C)(C)OC(=O)C1=C(O)CC[C@@H]2CC(=O)N12. The second kappa shape index (κ2) is 3.75. The maximum absolute atomic E-state index is 11.9. The van der Waals surface area contributed by atoms with E-state index in [2.05, 4.69) is 0 Å². The number of β-lactam (4-membered cyclic amide) rings is 1. The summed E-state index contributed by atoms with van der Waals surface area (Å²) in [6.45, 7) is 5.25. The molecule has 2 aliphatic rings. The fourth-order valence-electron chi connectivity index (χ4n) is 2.12. The van der Waals surface area contributed by atoms with E-state index in [4.69, 9.17) is 4.74 Å². The Morgan fingerprint density at radius 2 is 2.12 bits per heavy atom. The molecule has 0 saturated carbocycles. The van der Waals surface area contributed by atoms with Crippen molar-refractivity contribution in [2.75, 3.05) is 0 Å². The lowest BCUT2D eigenvalue weighted by Gasteiger charge is -2.44. The van der Waals surface area contributed by atoms with Crippen LogP contribution >= 0.6 is 0 Å². The van der Waals surface area contributed by atoms with Crippen LogP contribution in [-0.2, 0) is 14.3 Å². The quantitative estimate of drug-likeness (QED) is 0.556. The summed E-state index contributed by atoms with van der Waals surface area (Å²) in [6.07, 6.45) is 1.60. The minimum atomic E-state index is -0.634. The van der Waals surface area contributed by atoms with E-state index >= 15 is 0 Å². The number of carbonyl (C=O) groups is 2. The molecule has 0 aromatic rings. The molecule has 1 atom stereocenters. The van der Waals surface area contributed by atoms with Gasteiger partial charge in [-0.15, -0.1) is 0 Å². The maximum Gasteiger partial charge on any atom is 0.359 e. The van der Waals surface area contributed by atoms with E-state index in [0.29, 0.717) is 19.3 Å². The van der Waals surface area contributed by atoms with Crippen LogP contribution in [0.25, 0.3) is 0 Å². The largest absolute Gasteiger partial charge is 0.510 e. The summed E-state index contributed by atoms with van der Waals surface area (Å²) in [4.78, 5) is 24.8. The molecule has 0 bridgehead atoms. The molecule has 1 fully saturated rings. The van der Waals surface area contributed by atoms with Crippen LogP contribution in [0.2, 0.25) is 0 Å². The van der Waals surface area contributed by atoms with Crippen molar-refractivity contribution >= 4 is 11.9 Å². The van der Waals surface area contributed by atoms with Crippen molar-refractivity contribution in [3.8, 4) is 0 Å². The molecule has 0 aliphatic carbocycles. The number of nitrogens with zero attached hydrogens (tertiary/aromatic N) is 1. The summed E-state index contributed by atoms with van der Waals surface area (Å²) in [5.74, 6) is -0.779. The standard InChI is InChI=1S/C12H17NO4/c1-12(2,3)17-11(16)10-8(14)5-4-7-6-9(15)13(7)10/h7,14H,4-6H2,1-3H3/t7-/m1/s1. The van der Waals surface area contributed by atoms with E-state index in [1.54, 1.807) is 20.8 Å². The number of esters is 1. The van der Waals surface area contributed by atoms with Crippen LogP contribution in [0.3, 0.4) is 0 Å². The Morgan fingerprint density at radius 1 is 1.47 bits per heavy atom. The number of aliphatic hydroxyl groups excluding tert-OH is 1. The number of carbonyl (C=O) groups excluding carboxylic acids is 2. The van der Waals surface area contributed by atoms with Crippen LogP contribution in [0.15, 0.2) is 11.5 Å². The second-order valence-electron chi connectivity index (χ2n) is 5.46. The topological polar surface area (TPSA) is 66.8 Å². The monoisotopic (exact) mass is 239 g/mol. The summed E-state index contributed by atoms with van der Waals surface area (Å²) < 4.78 is 5.20. The first kappa shape index (κ1) is 12.0. The van der Waals surface area contributed by atoms with E-state index in [1.165, 1.54) is 4.90 Å². The lowest BCUT2D eigenvalue weighted by atomic mass is 9.91. The van der Waals surface area contributed by atoms with Gasteiger partial charge in [-0.3, -0.25) is 9.69 Å². The summed E-state index contributed by atoms with van der Waals surface area (Å²) >= 11 is 0. The maximum atomic E-state index is 11.9. The van der Waals surface area contributed by atoms with Crippen LogP contribution in [-0.4, -0.2) is 33.5 Å². The average molecular weight is 239 g/mol. The van der Waals surface area contributed by atoms with Crippen molar-refractivity contribution in [1.82, 2.24) is 4.90 Å². The van der Waals surface area contributed by atoms with Gasteiger partial charge in [0, 0.05) is 18.9 Å². The highest BCUT2D eigenvalue weighted by atomic mass is 16.6. The highest BCUT2D eigenvalue weighted by Gasteiger charge is 2.45. The van der Waals surface area contributed by atoms with Gasteiger partial charge in [0.05, 0.1) is 0 Å². The van der Waals surface area contributed by atoms with Crippen LogP contribution < -0.4 is 0 Å². The predicted molar refractivity (Wildman–Crippen MR) is 60.0 cm³/mol. The van der Waals surface area contributed by atoms with Gasteiger partial charge in [0.1, 0.15) is 11.4 Å². The van der Waals surface area contributed by atoms with Gasteiger partial charge in [0.25, 0.3) is 0 Å². The highest BCUT2D eigenvalue weighted by molar-refractivity contribution is 5.97. The Labute approximate surface area is 100 Å². The molecule has 0 aromatic heterocycles. The van der Waals surface area contributed by atoms with Gasteiger partial charge in [-0.05, 0) is 27.2 Å². The summed E-state index contributed by atoms with van der Waals surface area (Å²) in [6, 6.07) is 0.0564. The fourth-order valence-corrected chi connectivity index (χ4v) is 2.12. The Kier molecular flexibility index (Phi) is 2.64. The molecule has 0 spiro atoms. The number of fused-ring (bicyclic) bond motifs is 1. The zero-order valence-electron chi connectivity index (χ0n) is 10.3. The number of amides is 1. The van der Waals surface area contributed by atoms with E-state index in [0.717, 1.165) is 0 Å². The molecule has 0 aromatic carbocycles. The van der Waals surface area contributed by atoms with Crippen molar-refractivity contribution in [2.24, 2.45) is 0 Å². The third-order valence-electron chi connectivity index (χ3n) is 2.86. The van der Waals surface area contributed by atoms with Crippen molar-refractivity contribution in [1.29, 1.82) is 0 Å². The number of aliphatic hydroxyl groups is 1. The van der Waals surface area contributed by atoms with Crippen molar-refractivity contribution in [2.45, 2.75) is 51.7 Å². The van der Waals surface area contributed by atoms with E-state index in [9.17, 15) is 14.7 Å². The van der Waals surface area contributed by atoms with E-state index in [-0.39, 0.29) is 23.4 Å². The molecule has 2 heterocycles. The lowest BCUT2D eigenvalue weighted by molar-refractivity contribution is -0.160. The zero-order chi connectivity index (χ0) is 12.8. The minimum absolute atomic E-state index is 0.0347. The number of hydrogen-bond acceptors (Lipinski definition) is 4. The molecule has 1 amide bonds. The molecular formula is C12H17NO4. The molecule has 5 heteroatoms. The first-order valence-corrected chi connectivity index (χ1v) is 5.77. The number of allylic oxidation sites excluding steroid dienone is 1. The van der Waals surface area contributed by atoms with Crippen molar-refractivity contribution < 1.29 is 19.4 Å². The molecule has 17 heavy (non-hydrogen) atoms. The van der Waals surface area contributed by atoms with E-state index < -0.39 is 11.6 Å². The van der Waals surface area contributed by atoms with Gasteiger partial charge in [-0.25, -0.2) is 4.79 Å². The van der Waals surface area contributed by atoms with Crippen LogP contribution in [0.5, 0.6) is 0 Å². The number of rotatable bonds is 1. The molecule has 0 radical (unpaired) electrons. The fraction of sp³-hybridized carbons (Fsp3) is 0.667. The van der Waals surface area contributed by atoms with Gasteiger partial charge in [0.2, 0.25) is 5.91 Å². The first-order valence-electron chi connectivity index (χ1n) is 5.77. The normalized spacial score (nSPS) is 24.3. The Bertz CT molecular complexity index is 405. The minimum Gasteiger partial charge on any atom is -0.510 e. The predicted octanol–water partition coefficient (Wildman–Crippen LogP) is 1.49.